The highest BCUT2D eigenvalue weighted by Gasteiger charge is 2.31. The maximum atomic E-state index is 13.0. The zero-order valence-electron chi connectivity index (χ0n) is 17.7. The largest absolute Gasteiger partial charge is 0.416 e. The Kier molecular flexibility index (Phi) is 6.47. The number of anilines is 3. The van der Waals surface area contributed by atoms with Crippen molar-refractivity contribution in [2.75, 3.05) is 10.6 Å². The number of alkyl halides is 3. The van der Waals surface area contributed by atoms with Gasteiger partial charge in [-0.2, -0.15) is 13.2 Å². The van der Waals surface area contributed by atoms with Crippen LogP contribution >= 0.6 is 11.6 Å². The smallest absolute Gasteiger partial charge is 0.339 e. The summed E-state index contributed by atoms with van der Waals surface area (Å²) in [5.41, 5.74) is 2.00. The number of amides is 1. The van der Waals surface area contributed by atoms with E-state index < -0.39 is 17.6 Å². The Balaban J connectivity index is 1.61. The molecule has 4 rings (SSSR count). The third-order valence-corrected chi connectivity index (χ3v) is 5.29. The molecule has 0 saturated heterocycles. The molecule has 10 heteroatoms. The SMILES string of the molecule is Cc1ccc(C(=O)Nc2cc(C(F)(F)F)ccc2Cl)cc1Nc1ncccc1-c1ccncn1. The minimum absolute atomic E-state index is 0.00483. The van der Waals surface area contributed by atoms with Gasteiger partial charge in [0.15, 0.2) is 0 Å². The van der Waals surface area contributed by atoms with E-state index in [9.17, 15) is 18.0 Å². The van der Waals surface area contributed by atoms with Crippen molar-refractivity contribution in [1.29, 1.82) is 0 Å². The molecule has 0 spiro atoms. The number of pyridine rings is 1. The first-order valence-electron chi connectivity index (χ1n) is 9.99. The summed E-state index contributed by atoms with van der Waals surface area (Å²) in [7, 11) is 0. The summed E-state index contributed by atoms with van der Waals surface area (Å²) >= 11 is 6.00. The third kappa shape index (κ3) is 5.15. The van der Waals surface area contributed by atoms with Crippen LogP contribution in [0.3, 0.4) is 0 Å². The van der Waals surface area contributed by atoms with Crippen LogP contribution in [-0.4, -0.2) is 20.9 Å². The molecule has 0 aliphatic carbocycles. The van der Waals surface area contributed by atoms with Crippen LogP contribution in [0, 0.1) is 6.92 Å². The molecule has 4 aromatic rings. The highest BCUT2D eigenvalue weighted by Crippen LogP contribution is 2.34. The van der Waals surface area contributed by atoms with Crippen LogP contribution in [0.5, 0.6) is 0 Å². The van der Waals surface area contributed by atoms with Crippen LogP contribution in [-0.2, 0) is 6.18 Å². The maximum absolute atomic E-state index is 13.0. The van der Waals surface area contributed by atoms with Gasteiger partial charge < -0.3 is 10.6 Å². The first kappa shape index (κ1) is 23.2. The van der Waals surface area contributed by atoms with Crippen LogP contribution in [0.1, 0.15) is 21.5 Å². The van der Waals surface area contributed by atoms with Gasteiger partial charge in [-0.15, -0.1) is 0 Å². The summed E-state index contributed by atoms with van der Waals surface area (Å²) < 4.78 is 39.1. The average molecular weight is 484 g/mol. The molecular formula is C24H17ClF3N5O. The molecule has 172 valence electrons. The van der Waals surface area contributed by atoms with Crippen LogP contribution in [0.4, 0.5) is 30.4 Å². The van der Waals surface area contributed by atoms with Crippen molar-refractivity contribution in [3.8, 4) is 11.3 Å². The van der Waals surface area contributed by atoms with Crippen molar-refractivity contribution in [2.45, 2.75) is 13.1 Å². The fourth-order valence-corrected chi connectivity index (χ4v) is 3.34. The zero-order valence-corrected chi connectivity index (χ0v) is 18.4. The minimum Gasteiger partial charge on any atom is -0.339 e. The van der Waals surface area contributed by atoms with Crippen molar-refractivity contribution in [3.05, 3.63) is 95.0 Å². The number of nitrogens with one attached hydrogen (secondary N) is 2. The molecule has 0 unspecified atom stereocenters. The second-order valence-corrected chi connectivity index (χ2v) is 7.70. The number of carbonyl (C=O) groups excluding carboxylic acids is 1. The predicted octanol–water partition coefficient (Wildman–Crippen LogP) is 6.52. The van der Waals surface area contributed by atoms with E-state index in [0.29, 0.717) is 17.2 Å². The summed E-state index contributed by atoms with van der Waals surface area (Å²) in [5.74, 6) is -0.0934. The summed E-state index contributed by atoms with van der Waals surface area (Å²) in [6.45, 7) is 1.85. The molecule has 0 aliphatic rings. The molecule has 0 atom stereocenters. The van der Waals surface area contributed by atoms with E-state index in [-0.39, 0.29) is 16.3 Å². The standard InChI is InChI=1S/C24H17ClF3N5O/c1-14-4-5-15(23(34)33-21-12-16(24(26,27)28)6-7-18(21)25)11-20(14)32-22-17(3-2-9-30-22)19-8-10-29-13-31-19/h2-13H,1H3,(H,30,32)(H,33,34). The van der Waals surface area contributed by atoms with Crippen LogP contribution in [0.15, 0.2) is 73.3 Å². The molecule has 34 heavy (non-hydrogen) atoms. The summed E-state index contributed by atoms with van der Waals surface area (Å²) in [5, 5.41) is 5.66. The van der Waals surface area contributed by atoms with E-state index in [0.717, 1.165) is 29.3 Å². The number of halogens is 4. The molecule has 0 fully saturated rings. The fraction of sp³-hybridized carbons (Fsp3) is 0.0833. The number of benzene rings is 2. The zero-order chi connectivity index (χ0) is 24.3. The lowest BCUT2D eigenvalue weighted by Crippen LogP contribution is -2.14. The highest BCUT2D eigenvalue weighted by molar-refractivity contribution is 6.34. The van der Waals surface area contributed by atoms with Gasteiger partial charge in [0, 0.05) is 29.2 Å². The maximum Gasteiger partial charge on any atom is 0.416 e. The number of rotatable bonds is 5. The molecule has 0 bridgehead atoms. The second-order valence-electron chi connectivity index (χ2n) is 7.30. The van der Waals surface area contributed by atoms with E-state index in [4.69, 9.17) is 11.6 Å². The lowest BCUT2D eigenvalue weighted by atomic mass is 10.1. The number of aryl methyl sites for hydroxylation is 1. The molecule has 2 heterocycles. The molecule has 0 radical (unpaired) electrons. The van der Waals surface area contributed by atoms with Gasteiger partial charge in [0.05, 0.1) is 22.0 Å². The molecule has 0 aliphatic heterocycles. The highest BCUT2D eigenvalue weighted by atomic mass is 35.5. The third-order valence-electron chi connectivity index (χ3n) is 4.96. The van der Waals surface area contributed by atoms with Crippen LogP contribution in [0.2, 0.25) is 5.02 Å². The first-order chi connectivity index (χ1) is 16.2. The normalized spacial score (nSPS) is 11.2. The molecule has 2 aromatic carbocycles. The number of aromatic nitrogens is 3. The van der Waals surface area contributed by atoms with E-state index >= 15 is 0 Å². The van der Waals surface area contributed by atoms with Gasteiger partial charge in [-0.25, -0.2) is 15.0 Å². The van der Waals surface area contributed by atoms with Crippen molar-refractivity contribution < 1.29 is 18.0 Å². The number of hydrogen-bond donors (Lipinski definition) is 2. The van der Waals surface area contributed by atoms with E-state index in [1.807, 2.05) is 13.0 Å². The Labute approximate surface area is 197 Å². The molecule has 2 aromatic heterocycles. The Morgan fingerprint density at radius 1 is 0.971 bits per heavy atom. The summed E-state index contributed by atoms with van der Waals surface area (Å²) in [6, 6.07) is 13.0. The molecular weight excluding hydrogens is 467 g/mol. The molecule has 2 N–H and O–H groups in total. The quantitative estimate of drug-likeness (QED) is 0.338. The Morgan fingerprint density at radius 3 is 2.53 bits per heavy atom. The molecule has 1 amide bonds. The molecule has 6 nitrogen and oxygen atoms in total. The van der Waals surface area contributed by atoms with Gasteiger partial charge in [0.2, 0.25) is 0 Å². The van der Waals surface area contributed by atoms with Gasteiger partial charge in [-0.1, -0.05) is 17.7 Å². The van der Waals surface area contributed by atoms with Crippen LogP contribution in [0.25, 0.3) is 11.3 Å². The van der Waals surface area contributed by atoms with Gasteiger partial charge in [0.25, 0.3) is 5.91 Å². The Morgan fingerprint density at radius 2 is 1.79 bits per heavy atom. The monoisotopic (exact) mass is 483 g/mol. The van der Waals surface area contributed by atoms with Crippen molar-refractivity contribution in [3.63, 3.8) is 0 Å². The minimum atomic E-state index is -4.56. The van der Waals surface area contributed by atoms with Crippen molar-refractivity contribution in [1.82, 2.24) is 15.0 Å². The average Bonchev–Trinajstić information content (AvgIpc) is 2.82. The number of hydrogen-bond acceptors (Lipinski definition) is 5. The number of carbonyl (C=O) groups is 1. The van der Waals surface area contributed by atoms with E-state index in [1.54, 1.807) is 42.7 Å². The predicted molar refractivity (Wildman–Crippen MR) is 124 cm³/mol. The topological polar surface area (TPSA) is 79.8 Å². The van der Waals surface area contributed by atoms with Crippen LogP contribution < -0.4 is 10.6 Å². The van der Waals surface area contributed by atoms with Gasteiger partial charge >= 0.3 is 6.18 Å². The van der Waals surface area contributed by atoms with Crippen molar-refractivity contribution in [2.24, 2.45) is 0 Å². The molecule has 0 saturated carbocycles. The fourth-order valence-electron chi connectivity index (χ4n) is 3.18. The number of nitrogens with zero attached hydrogens (tertiary/aromatic N) is 3. The lowest BCUT2D eigenvalue weighted by molar-refractivity contribution is -0.137. The summed E-state index contributed by atoms with van der Waals surface area (Å²) in [4.78, 5) is 25.4. The Hall–Kier alpha value is -3.98. The van der Waals surface area contributed by atoms with Gasteiger partial charge in [0.1, 0.15) is 12.1 Å². The first-order valence-corrected chi connectivity index (χ1v) is 10.4. The Bertz CT molecular complexity index is 1350. The lowest BCUT2D eigenvalue weighted by Gasteiger charge is -2.15. The summed E-state index contributed by atoms with van der Waals surface area (Å²) in [6.07, 6.45) is 0.110. The van der Waals surface area contributed by atoms with Gasteiger partial charge in [-0.05, 0) is 61.0 Å². The van der Waals surface area contributed by atoms with E-state index in [1.165, 1.54) is 6.33 Å². The van der Waals surface area contributed by atoms with E-state index in [2.05, 4.69) is 25.6 Å². The van der Waals surface area contributed by atoms with Crippen molar-refractivity contribution >= 4 is 34.7 Å². The second kappa shape index (κ2) is 9.48. The van der Waals surface area contributed by atoms with Gasteiger partial charge in [-0.3, -0.25) is 4.79 Å².